The van der Waals surface area contributed by atoms with E-state index >= 15 is 0 Å². The molecule has 2 aromatic rings. The molecule has 2 atom stereocenters. The summed E-state index contributed by atoms with van der Waals surface area (Å²) >= 11 is 0. The molecule has 0 fully saturated rings. The Morgan fingerprint density at radius 1 is 1.22 bits per heavy atom. The normalized spacial score (nSPS) is 14.3. The first-order valence-corrected chi connectivity index (χ1v) is 6.03. The Morgan fingerprint density at radius 2 is 2.00 bits per heavy atom. The molecule has 96 valence electrons. The molecular formula is C14H18N2O2. The summed E-state index contributed by atoms with van der Waals surface area (Å²) in [5, 5.41) is 0. The fourth-order valence-electron chi connectivity index (χ4n) is 1.99. The molecule has 0 amide bonds. The van der Waals surface area contributed by atoms with Crippen LogP contribution in [-0.2, 0) is 4.74 Å². The lowest BCUT2D eigenvalue weighted by molar-refractivity contribution is 0.0269. The minimum atomic E-state index is -0.206. The van der Waals surface area contributed by atoms with Crippen molar-refractivity contribution in [2.24, 2.45) is 5.84 Å². The van der Waals surface area contributed by atoms with Gasteiger partial charge in [0.05, 0.1) is 6.26 Å². The van der Waals surface area contributed by atoms with Crippen LogP contribution in [-0.4, -0.2) is 6.61 Å². The molecule has 1 aromatic carbocycles. The topological polar surface area (TPSA) is 60.4 Å². The maximum absolute atomic E-state index is 5.80. The average Bonchev–Trinajstić information content (AvgIpc) is 2.94. The number of rotatable bonds is 6. The van der Waals surface area contributed by atoms with Gasteiger partial charge in [-0.1, -0.05) is 30.3 Å². The highest BCUT2D eigenvalue weighted by atomic mass is 16.5. The Kier molecular flexibility index (Phi) is 4.52. The van der Waals surface area contributed by atoms with Crippen molar-refractivity contribution in [2.75, 3.05) is 6.61 Å². The molecule has 0 aliphatic rings. The molecule has 0 aliphatic carbocycles. The van der Waals surface area contributed by atoms with Crippen LogP contribution in [0.1, 0.15) is 30.4 Å². The average molecular weight is 246 g/mol. The van der Waals surface area contributed by atoms with E-state index < -0.39 is 0 Å². The van der Waals surface area contributed by atoms with Crippen LogP contribution in [0.15, 0.2) is 53.1 Å². The van der Waals surface area contributed by atoms with E-state index in [4.69, 9.17) is 15.0 Å². The molecule has 18 heavy (non-hydrogen) atoms. The minimum absolute atomic E-state index is 0.174. The van der Waals surface area contributed by atoms with E-state index in [9.17, 15) is 0 Å². The van der Waals surface area contributed by atoms with E-state index in [0.717, 1.165) is 11.3 Å². The lowest BCUT2D eigenvalue weighted by Gasteiger charge is -2.25. The molecule has 0 bridgehead atoms. The predicted molar refractivity (Wildman–Crippen MR) is 69.6 cm³/mol. The van der Waals surface area contributed by atoms with Gasteiger partial charge in [-0.3, -0.25) is 5.84 Å². The molecule has 2 unspecified atom stereocenters. The van der Waals surface area contributed by atoms with E-state index in [1.54, 1.807) is 6.26 Å². The summed E-state index contributed by atoms with van der Waals surface area (Å²) in [6, 6.07) is 13.5. The van der Waals surface area contributed by atoms with Gasteiger partial charge in [-0.15, -0.1) is 0 Å². The highest BCUT2D eigenvalue weighted by molar-refractivity contribution is 5.22. The third-order valence-electron chi connectivity index (χ3n) is 2.81. The Morgan fingerprint density at radius 3 is 2.56 bits per heavy atom. The number of benzene rings is 1. The first kappa shape index (κ1) is 12.8. The summed E-state index contributed by atoms with van der Waals surface area (Å²) in [5.41, 5.74) is 3.84. The summed E-state index contributed by atoms with van der Waals surface area (Å²) in [5.74, 6) is 6.41. The SMILES string of the molecule is CCOC(c1ccccc1)C(NN)c1ccco1. The predicted octanol–water partition coefficient (Wildman–Crippen LogP) is 2.56. The minimum Gasteiger partial charge on any atom is -0.468 e. The fraction of sp³-hybridized carbons (Fsp3) is 0.286. The first-order valence-electron chi connectivity index (χ1n) is 6.03. The summed E-state index contributed by atoms with van der Waals surface area (Å²) in [4.78, 5) is 0. The van der Waals surface area contributed by atoms with Crippen LogP contribution in [0.2, 0.25) is 0 Å². The molecular weight excluding hydrogens is 228 g/mol. The number of hydrogen-bond donors (Lipinski definition) is 2. The van der Waals surface area contributed by atoms with Gasteiger partial charge in [0.25, 0.3) is 0 Å². The van der Waals surface area contributed by atoms with Gasteiger partial charge in [-0.25, -0.2) is 5.43 Å². The quantitative estimate of drug-likeness (QED) is 0.607. The summed E-state index contributed by atoms with van der Waals surface area (Å²) in [6.07, 6.45) is 1.46. The number of nitrogens with one attached hydrogen (secondary N) is 1. The van der Waals surface area contributed by atoms with Crippen LogP contribution in [0.5, 0.6) is 0 Å². The van der Waals surface area contributed by atoms with E-state index in [1.165, 1.54) is 0 Å². The highest BCUT2D eigenvalue weighted by Crippen LogP contribution is 2.31. The standard InChI is InChI=1S/C14H18N2O2/c1-2-17-14(11-7-4-3-5-8-11)13(16-15)12-9-6-10-18-12/h3-10,13-14,16H,2,15H2,1H3. The molecule has 1 heterocycles. The third kappa shape index (κ3) is 2.79. The zero-order valence-corrected chi connectivity index (χ0v) is 10.4. The molecule has 0 spiro atoms. The van der Waals surface area contributed by atoms with E-state index in [-0.39, 0.29) is 12.1 Å². The molecule has 3 N–H and O–H groups in total. The third-order valence-corrected chi connectivity index (χ3v) is 2.81. The van der Waals surface area contributed by atoms with Gasteiger partial charge in [0.1, 0.15) is 17.9 Å². The Hall–Kier alpha value is -1.62. The van der Waals surface area contributed by atoms with Crippen molar-refractivity contribution in [1.29, 1.82) is 0 Å². The Labute approximate surface area is 107 Å². The molecule has 0 radical (unpaired) electrons. The molecule has 2 rings (SSSR count). The number of ether oxygens (including phenoxy) is 1. The molecule has 0 saturated carbocycles. The van der Waals surface area contributed by atoms with Crippen LogP contribution in [0.4, 0.5) is 0 Å². The zero-order chi connectivity index (χ0) is 12.8. The number of hydrazine groups is 1. The van der Waals surface area contributed by atoms with E-state index in [2.05, 4.69) is 5.43 Å². The van der Waals surface area contributed by atoms with Gasteiger partial charge in [0.2, 0.25) is 0 Å². The van der Waals surface area contributed by atoms with Crippen LogP contribution >= 0.6 is 0 Å². The van der Waals surface area contributed by atoms with Crippen LogP contribution in [0.3, 0.4) is 0 Å². The van der Waals surface area contributed by atoms with Crippen molar-refractivity contribution >= 4 is 0 Å². The number of nitrogens with two attached hydrogens (primary N) is 1. The fourth-order valence-corrected chi connectivity index (χ4v) is 1.99. The van der Waals surface area contributed by atoms with Gasteiger partial charge in [-0.05, 0) is 24.6 Å². The van der Waals surface area contributed by atoms with Crippen molar-refractivity contribution in [3.63, 3.8) is 0 Å². The first-order chi connectivity index (χ1) is 8.86. The summed E-state index contributed by atoms with van der Waals surface area (Å²) in [6.45, 7) is 2.57. The molecule has 0 saturated heterocycles. The molecule has 1 aromatic heterocycles. The molecule has 0 aliphatic heterocycles. The Balaban J connectivity index is 2.28. The van der Waals surface area contributed by atoms with Crippen LogP contribution in [0.25, 0.3) is 0 Å². The second kappa shape index (κ2) is 6.35. The van der Waals surface area contributed by atoms with Gasteiger partial charge in [0, 0.05) is 6.61 Å². The van der Waals surface area contributed by atoms with Gasteiger partial charge < -0.3 is 9.15 Å². The zero-order valence-electron chi connectivity index (χ0n) is 10.4. The largest absolute Gasteiger partial charge is 0.468 e. The molecule has 4 heteroatoms. The Bertz CT molecular complexity index is 442. The van der Waals surface area contributed by atoms with Crippen LogP contribution < -0.4 is 11.3 Å². The number of hydrogen-bond acceptors (Lipinski definition) is 4. The van der Waals surface area contributed by atoms with E-state index in [1.807, 2.05) is 49.4 Å². The van der Waals surface area contributed by atoms with Crippen molar-refractivity contribution in [1.82, 2.24) is 5.43 Å². The second-order valence-corrected chi connectivity index (χ2v) is 3.95. The highest BCUT2D eigenvalue weighted by Gasteiger charge is 2.26. The van der Waals surface area contributed by atoms with Crippen LogP contribution in [0, 0.1) is 0 Å². The smallest absolute Gasteiger partial charge is 0.125 e. The van der Waals surface area contributed by atoms with E-state index in [0.29, 0.717) is 6.61 Å². The number of furan rings is 1. The van der Waals surface area contributed by atoms with Crippen molar-refractivity contribution < 1.29 is 9.15 Å². The molecule has 4 nitrogen and oxygen atoms in total. The monoisotopic (exact) mass is 246 g/mol. The van der Waals surface area contributed by atoms with Crippen molar-refractivity contribution in [3.8, 4) is 0 Å². The summed E-state index contributed by atoms with van der Waals surface area (Å²) < 4.78 is 11.2. The lowest BCUT2D eigenvalue weighted by Crippen LogP contribution is -2.33. The van der Waals surface area contributed by atoms with Crippen molar-refractivity contribution in [3.05, 3.63) is 60.1 Å². The summed E-state index contributed by atoms with van der Waals surface area (Å²) in [7, 11) is 0. The van der Waals surface area contributed by atoms with Gasteiger partial charge >= 0.3 is 0 Å². The van der Waals surface area contributed by atoms with Gasteiger partial charge in [0.15, 0.2) is 0 Å². The lowest BCUT2D eigenvalue weighted by atomic mass is 10.0. The van der Waals surface area contributed by atoms with Gasteiger partial charge in [-0.2, -0.15) is 0 Å². The maximum Gasteiger partial charge on any atom is 0.125 e. The maximum atomic E-state index is 5.80. The van der Waals surface area contributed by atoms with Crippen molar-refractivity contribution in [2.45, 2.75) is 19.1 Å². The second-order valence-electron chi connectivity index (χ2n) is 3.95.